The van der Waals surface area contributed by atoms with Gasteiger partial charge in [0.1, 0.15) is 19.8 Å². The number of carbonyl (C=O) groups is 2. The first-order chi connectivity index (χ1) is 49.0. The van der Waals surface area contributed by atoms with Crippen LogP contribution >= 0.6 is 7.82 Å². The Morgan fingerprint density at radius 2 is 0.570 bits per heavy atom. The highest BCUT2D eigenvalue weighted by Crippen LogP contribution is 2.43. The van der Waals surface area contributed by atoms with E-state index in [1.807, 2.05) is 21.1 Å². The molecular weight excluding hydrogens is 1250 g/mol. The molecule has 0 saturated carbocycles. The van der Waals surface area contributed by atoms with Crippen LogP contribution < -0.4 is 0 Å². The largest absolute Gasteiger partial charge is 0.472 e. The Balaban J connectivity index is 4.03. The number of likely N-dealkylation sites (N-methyl/N-ethyl adjacent to an activating group) is 1. The van der Waals surface area contributed by atoms with Crippen LogP contribution in [0.2, 0.25) is 0 Å². The molecule has 0 aliphatic carbocycles. The number of unbranched alkanes of at least 4 members (excludes halogenated alkanes) is 38. The molecule has 100 heavy (non-hydrogen) atoms. The monoisotopic (exact) mass is 1410 g/mol. The highest BCUT2D eigenvalue weighted by molar-refractivity contribution is 7.47. The molecule has 0 aromatic rings. The molecule has 0 rings (SSSR count). The van der Waals surface area contributed by atoms with Crippen molar-refractivity contribution < 1.29 is 42.1 Å². The smallest absolute Gasteiger partial charge is 0.462 e. The van der Waals surface area contributed by atoms with Gasteiger partial charge in [-0.2, -0.15) is 0 Å². The highest BCUT2D eigenvalue weighted by atomic mass is 31.2. The third-order valence-corrected chi connectivity index (χ3v) is 18.8. The van der Waals surface area contributed by atoms with E-state index in [9.17, 15) is 19.0 Å². The van der Waals surface area contributed by atoms with Gasteiger partial charge in [0.2, 0.25) is 0 Å². The van der Waals surface area contributed by atoms with E-state index in [0.717, 1.165) is 109 Å². The second-order valence-electron chi connectivity index (χ2n) is 28.8. The molecule has 0 bridgehead atoms. The van der Waals surface area contributed by atoms with Crippen molar-refractivity contribution in [2.45, 2.75) is 367 Å². The summed E-state index contributed by atoms with van der Waals surface area (Å²) in [6.45, 7) is 4.31. The third kappa shape index (κ3) is 82.8. The minimum absolute atomic E-state index is 0.0190. The summed E-state index contributed by atoms with van der Waals surface area (Å²) >= 11 is 0. The van der Waals surface area contributed by atoms with E-state index in [1.54, 1.807) is 0 Å². The lowest BCUT2D eigenvalue weighted by molar-refractivity contribution is -0.870. The molecule has 10 heteroatoms. The van der Waals surface area contributed by atoms with Gasteiger partial charge in [0.05, 0.1) is 27.7 Å². The Kier molecular flexibility index (Phi) is 75.8. The van der Waals surface area contributed by atoms with Crippen molar-refractivity contribution in [3.8, 4) is 0 Å². The number of quaternary nitrogens is 1. The van der Waals surface area contributed by atoms with E-state index in [1.165, 1.54) is 218 Å². The molecule has 0 aliphatic heterocycles. The number of hydrogen-bond donors (Lipinski definition) is 1. The molecule has 0 spiro atoms. The van der Waals surface area contributed by atoms with Crippen LogP contribution in [0.3, 0.4) is 0 Å². The lowest BCUT2D eigenvalue weighted by Gasteiger charge is -2.24. The van der Waals surface area contributed by atoms with Crippen molar-refractivity contribution in [1.29, 1.82) is 0 Å². The molecule has 2 atom stereocenters. The molecule has 0 aliphatic rings. The summed E-state index contributed by atoms with van der Waals surface area (Å²) in [7, 11) is 1.45. The van der Waals surface area contributed by atoms with Crippen molar-refractivity contribution in [2.75, 3.05) is 47.5 Å². The highest BCUT2D eigenvalue weighted by Gasteiger charge is 2.27. The average Bonchev–Trinajstić information content (AvgIpc) is 1.02. The van der Waals surface area contributed by atoms with E-state index in [4.69, 9.17) is 18.5 Å². The summed E-state index contributed by atoms with van der Waals surface area (Å²) in [4.78, 5) is 36.0. The van der Waals surface area contributed by atoms with Crippen molar-refractivity contribution in [1.82, 2.24) is 0 Å². The number of esters is 2. The van der Waals surface area contributed by atoms with Crippen LogP contribution in [-0.4, -0.2) is 74.9 Å². The lowest BCUT2D eigenvalue weighted by Crippen LogP contribution is -2.37. The first-order valence-electron chi connectivity index (χ1n) is 41.6. The van der Waals surface area contributed by atoms with Crippen LogP contribution in [0.4, 0.5) is 0 Å². The molecule has 1 N–H and O–H groups in total. The number of carbonyl (C=O) groups excluding carboxylic acids is 2. The Hall–Kier alpha value is -4.11. The number of rotatable bonds is 76. The van der Waals surface area contributed by atoms with Gasteiger partial charge in [-0.15, -0.1) is 0 Å². The van der Waals surface area contributed by atoms with Gasteiger partial charge in [-0.05, 0) is 122 Å². The maximum atomic E-state index is 12.9. The van der Waals surface area contributed by atoms with Crippen molar-refractivity contribution in [2.24, 2.45) is 0 Å². The number of ether oxygens (including phenoxy) is 2. The van der Waals surface area contributed by atoms with E-state index < -0.39 is 26.5 Å². The first-order valence-corrected chi connectivity index (χ1v) is 43.1. The molecule has 0 radical (unpaired) electrons. The second-order valence-corrected chi connectivity index (χ2v) is 30.2. The van der Waals surface area contributed by atoms with Crippen LogP contribution in [0, 0.1) is 0 Å². The molecule has 0 amide bonds. The first kappa shape index (κ1) is 95.9. The van der Waals surface area contributed by atoms with Gasteiger partial charge >= 0.3 is 19.8 Å². The van der Waals surface area contributed by atoms with Gasteiger partial charge in [-0.1, -0.05) is 372 Å². The number of allylic oxidation sites excluding steroid dienone is 24. The standard InChI is InChI=1S/C90H156NO8P/c1-6-8-10-12-14-16-18-20-22-24-26-28-30-32-34-36-38-40-42-44-45-47-48-50-52-54-56-58-60-62-64-66-68-70-72-74-76-78-80-82-89(92)96-86-88(87-98-100(94,95)97-85-84-91(3,4)5)99-90(93)83-81-79-77-75-73-71-69-67-65-63-61-59-57-55-53-51-49-46-43-41-39-37-35-33-31-29-27-25-23-21-19-17-15-13-11-9-7-2/h9,11,15,17,21,23-24,26-27,29,33,35,39,41,46,49,53,55,59,61,65,67,71,73,88H,6-8,10,12-14,16,18-20,22,25,28,30-32,34,36-38,40,42-45,47-48,50-52,54,56-58,60,62-64,66,68-70,72,74-87H2,1-5H3/p+1/b11-9-,17-15-,23-21-,26-24-,29-27-,35-33-,41-39-,49-46-,55-53-,61-59-,67-65-,73-71-. The predicted molar refractivity (Wildman–Crippen MR) is 436 cm³/mol. The minimum Gasteiger partial charge on any atom is -0.462 e. The summed E-state index contributed by atoms with van der Waals surface area (Å²) in [6.07, 6.45) is 117. The summed E-state index contributed by atoms with van der Waals surface area (Å²) in [6, 6.07) is 0. The third-order valence-electron chi connectivity index (χ3n) is 17.9. The van der Waals surface area contributed by atoms with E-state index in [0.29, 0.717) is 17.4 Å². The number of nitrogens with zero attached hydrogens (tertiary/aromatic N) is 1. The van der Waals surface area contributed by atoms with E-state index in [-0.39, 0.29) is 32.0 Å². The van der Waals surface area contributed by atoms with Gasteiger partial charge in [0, 0.05) is 12.8 Å². The zero-order valence-corrected chi connectivity index (χ0v) is 66.5. The number of phosphoric ester groups is 1. The van der Waals surface area contributed by atoms with Crippen LogP contribution in [0.5, 0.6) is 0 Å². The zero-order valence-electron chi connectivity index (χ0n) is 65.6. The summed E-state index contributed by atoms with van der Waals surface area (Å²) in [5, 5.41) is 0. The molecule has 0 saturated heterocycles. The molecule has 0 fully saturated rings. The summed E-state index contributed by atoms with van der Waals surface area (Å²) in [5.41, 5.74) is 0. The Labute approximate surface area is 618 Å². The SMILES string of the molecule is CC/C=C\C/C=C\C/C=C\C/C=C\C/C=C\C/C=C\C/C=C\C/C=C\C/C=C\C/C=C\C/C=C\CCCCCC(=O)OC(COC(=O)CCCCCCCCCCCCCCCCCCCCCCCCCCCCC/C=C\CCCCCCCCCC)COP(=O)(O)OCC[N+](C)(C)C. The van der Waals surface area contributed by atoms with Crippen LogP contribution in [0.1, 0.15) is 361 Å². The summed E-state index contributed by atoms with van der Waals surface area (Å²) < 4.78 is 34.8. The Morgan fingerprint density at radius 3 is 0.870 bits per heavy atom. The Bertz CT molecular complexity index is 2210. The maximum absolute atomic E-state index is 12.9. The quantitative estimate of drug-likeness (QED) is 0.0211. The fraction of sp³-hybridized carbons (Fsp3) is 0.711. The average molecular weight is 1410 g/mol. The van der Waals surface area contributed by atoms with Gasteiger partial charge in [-0.25, -0.2) is 4.57 Å². The van der Waals surface area contributed by atoms with Gasteiger partial charge in [0.15, 0.2) is 6.10 Å². The van der Waals surface area contributed by atoms with Crippen LogP contribution in [0.25, 0.3) is 0 Å². The molecule has 2 unspecified atom stereocenters. The zero-order chi connectivity index (χ0) is 72.5. The van der Waals surface area contributed by atoms with E-state index >= 15 is 0 Å². The minimum atomic E-state index is -4.42. The second kappa shape index (κ2) is 79.0. The van der Waals surface area contributed by atoms with Crippen LogP contribution in [-0.2, 0) is 32.7 Å². The van der Waals surface area contributed by atoms with Gasteiger partial charge < -0.3 is 18.9 Å². The predicted octanol–water partition coefficient (Wildman–Crippen LogP) is 28.1. The number of hydrogen-bond acceptors (Lipinski definition) is 7. The summed E-state index contributed by atoms with van der Waals surface area (Å²) in [5.74, 6) is -0.832. The normalized spacial score (nSPS) is 13.8. The fourth-order valence-corrected chi connectivity index (χ4v) is 12.3. The molecular formula is C90H157NO8P+. The molecule has 0 aromatic carbocycles. The lowest BCUT2D eigenvalue weighted by atomic mass is 10.0. The van der Waals surface area contributed by atoms with Crippen molar-refractivity contribution in [3.05, 3.63) is 146 Å². The van der Waals surface area contributed by atoms with Crippen LogP contribution in [0.15, 0.2) is 146 Å². The molecule has 0 heterocycles. The van der Waals surface area contributed by atoms with Gasteiger partial charge in [-0.3, -0.25) is 18.6 Å². The van der Waals surface area contributed by atoms with Gasteiger partial charge in [0.25, 0.3) is 0 Å². The molecule has 574 valence electrons. The number of phosphoric acid groups is 1. The Morgan fingerprint density at radius 1 is 0.320 bits per heavy atom. The molecule has 9 nitrogen and oxygen atoms in total. The maximum Gasteiger partial charge on any atom is 0.472 e. The van der Waals surface area contributed by atoms with Crippen molar-refractivity contribution >= 4 is 19.8 Å². The van der Waals surface area contributed by atoms with E-state index in [2.05, 4.69) is 160 Å². The van der Waals surface area contributed by atoms with Crippen molar-refractivity contribution in [3.63, 3.8) is 0 Å². The molecule has 0 aromatic heterocycles. The fourth-order valence-electron chi connectivity index (χ4n) is 11.5. The topological polar surface area (TPSA) is 108 Å².